The van der Waals surface area contributed by atoms with Crippen LogP contribution in [-0.4, -0.2) is 44.7 Å². The summed E-state index contributed by atoms with van der Waals surface area (Å²) >= 11 is 0. The zero-order valence-corrected chi connectivity index (χ0v) is 21.4. The number of pyridine rings is 2. The maximum Gasteiger partial charge on any atom is 0.319 e. The summed E-state index contributed by atoms with van der Waals surface area (Å²) in [5.41, 5.74) is 1.87. The second kappa shape index (κ2) is 9.76. The van der Waals surface area contributed by atoms with Crippen molar-refractivity contribution < 1.29 is 14.2 Å². The molecule has 39 heavy (non-hydrogen) atoms. The minimum atomic E-state index is -0.552. The molecule has 3 aromatic heterocycles. The Bertz CT molecular complexity index is 1670. The van der Waals surface area contributed by atoms with Crippen LogP contribution in [0.25, 0.3) is 32.9 Å². The van der Waals surface area contributed by atoms with E-state index in [4.69, 9.17) is 9.72 Å². The number of benzene rings is 2. The van der Waals surface area contributed by atoms with Crippen molar-refractivity contribution in [2.45, 2.75) is 25.7 Å². The van der Waals surface area contributed by atoms with Gasteiger partial charge >= 0.3 is 6.01 Å². The Hall–Kier alpha value is -4.33. The van der Waals surface area contributed by atoms with Crippen molar-refractivity contribution >= 4 is 27.5 Å². The molecule has 2 aliphatic rings. The van der Waals surface area contributed by atoms with E-state index < -0.39 is 5.82 Å². The van der Waals surface area contributed by atoms with Gasteiger partial charge in [0, 0.05) is 43.7 Å². The van der Waals surface area contributed by atoms with Gasteiger partial charge in [0.25, 0.3) is 0 Å². The Balaban J connectivity index is 1.33. The van der Waals surface area contributed by atoms with Crippen LogP contribution in [0.5, 0.6) is 11.8 Å². The molecule has 2 unspecified atom stereocenters. The van der Waals surface area contributed by atoms with Gasteiger partial charge in [-0.15, -0.1) is 0 Å². The van der Waals surface area contributed by atoms with Crippen LogP contribution in [0.4, 0.5) is 10.2 Å². The Morgan fingerprint density at radius 1 is 0.974 bits per heavy atom. The van der Waals surface area contributed by atoms with Gasteiger partial charge in [0.15, 0.2) is 5.82 Å². The van der Waals surface area contributed by atoms with Gasteiger partial charge in [-0.1, -0.05) is 30.3 Å². The first-order chi connectivity index (χ1) is 19.1. The number of anilines is 1. The molecule has 7 nitrogen and oxygen atoms in total. The molecule has 2 atom stereocenters. The molecule has 8 heteroatoms. The molecule has 1 aliphatic heterocycles. The van der Waals surface area contributed by atoms with E-state index in [1.54, 1.807) is 30.7 Å². The largest absolute Gasteiger partial charge is 0.508 e. The van der Waals surface area contributed by atoms with Crippen LogP contribution in [-0.2, 0) is 6.42 Å². The topological polar surface area (TPSA) is 84.3 Å². The van der Waals surface area contributed by atoms with Crippen molar-refractivity contribution in [1.29, 1.82) is 0 Å². The normalized spacial score (nSPS) is 18.6. The lowest BCUT2D eigenvalue weighted by atomic mass is 9.98. The van der Waals surface area contributed by atoms with Crippen molar-refractivity contribution in [3.63, 3.8) is 0 Å². The van der Waals surface area contributed by atoms with Gasteiger partial charge in [-0.05, 0) is 65.6 Å². The minimum Gasteiger partial charge on any atom is -0.508 e. The summed E-state index contributed by atoms with van der Waals surface area (Å²) in [4.78, 5) is 20.3. The van der Waals surface area contributed by atoms with E-state index in [1.807, 2.05) is 36.4 Å². The highest BCUT2D eigenvalue weighted by molar-refractivity contribution is 5.99. The van der Waals surface area contributed by atoms with E-state index in [9.17, 15) is 5.11 Å². The summed E-state index contributed by atoms with van der Waals surface area (Å²) in [7, 11) is 0. The maximum atomic E-state index is 16.4. The fraction of sp³-hybridized carbons (Fsp3) is 0.290. The van der Waals surface area contributed by atoms with E-state index in [0.717, 1.165) is 29.4 Å². The number of rotatable bonds is 6. The molecule has 196 valence electrons. The van der Waals surface area contributed by atoms with Gasteiger partial charge < -0.3 is 14.7 Å². The molecule has 2 aromatic carbocycles. The SMILES string of the molecule is Oc1cc(-c2ncc3c(N4CC5CCC(C5)C4)nc(OCCc4cccnc4)nc3c2F)c2ccccc2c1. The van der Waals surface area contributed by atoms with Gasteiger partial charge in [0.05, 0.1) is 12.0 Å². The molecule has 2 bridgehead atoms. The van der Waals surface area contributed by atoms with Gasteiger partial charge in [-0.3, -0.25) is 9.97 Å². The highest BCUT2D eigenvalue weighted by Gasteiger charge is 2.34. The number of fused-ring (bicyclic) bond motifs is 4. The van der Waals surface area contributed by atoms with Crippen molar-refractivity contribution in [3.8, 4) is 23.0 Å². The van der Waals surface area contributed by atoms with Crippen molar-refractivity contribution in [1.82, 2.24) is 19.9 Å². The molecule has 2 fully saturated rings. The number of aromatic hydroxyl groups is 1. The lowest BCUT2D eigenvalue weighted by molar-refractivity contribution is 0.296. The molecule has 4 heterocycles. The molecule has 1 saturated carbocycles. The quantitative estimate of drug-likeness (QED) is 0.296. The Kier molecular flexibility index (Phi) is 5.95. The average Bonchev–Trinajstić information content (AvgIpc) is 3.30. The van der Waals surface area contributed by atoms with E-state index >= 15 is 4.39 Å². The number of aromatic nitrogens is 4. The molecule has 1 aliphatic carbocycles. The molecule has 1 N–H and O–H groups in total. The average molecular weight is 522 g/mol. The predicted molar refractivity (Wildman–Crippen MR) is 148 cm³/mol. The molecule has 1 saturated heterocycles. The highest BCUT2D eigenvalue weighted by Crippen LogP contribution is 2.41. The number of nitrogens with zero attached hydrogens (tertiary/aromatic N) is 5. The first-order valence-corrected chi connectivity index (χ1v) is 13.5. The molecule has 7 rings (SSSR count). The van der Waals surface area contributed by atoms with Gasteiger partial charge in [-0.25, -0.2) is 4.39 Å². The van der Waals surface area contributed by atoms with Gasteiger partial charge in [0.1, 0.15) is 22.8 Å². The van der Waals surface area contributed by atoms with E-state index in [-0.39, 0.29) is 23.0 Å². The van der Waals surface area contributed by atoms with Crippen LogP contribution in [0.15, 0.2) is 67.1 Å². The third kappa shape index (κ3) is 4.50. The molecule has 0 spiro atoms. The summed E-state index contributed by atoms with van der Waals surface area (Å²) in [5.74, 6) is 1.42. The van der Waals surface area contributed by atoms with Crippen molar-refractivity contribution in [3.05, 3.63) is 78.5 Å². The number of phenols is 1. The molecule has 5 aromatic rings. The standard InChI is InChI=1S/C31H28FN5O2/c32-27-28(25-14-23(38)13-22-5-1-2-6-24(22)25)34-16-26-29(27)35-31(39-11-9-19-4-3-10-33-15-19)36-30(26)37-17-20-7-8-21(12-20)18-37/h1-6,10,13-16,20-21,38H,7-9,11-12,17-18H2. The monoisotopic (exact) mass is 521 g/mol. The van der Waals surface area contributed by atoms with Crippen molar-refractivity contribution in [2.24, 2.45) is 11.8 Å². The molecular formula is C31H28FN5O2. The Morgan fingerprint density at radius 2 is 1.82 bits per heavy atom. The number of hydrogen-bond donors (Lipinski definition) is 1. The number of ether oxygens (including phenoxy) is 1. The zero-order valence-electron chi connectivity index (χ0n) is 21.4. The second-order valence-electron chi connectivity index (χ2n) is 10.6. The lowest BCUT2D eigenvalue weighted by Crippen LogP contribution is -2.37. The zero-order chi connectivity index (χ0) is 26.3. The van der Waals surface area contributed by atoms with E-state index in [0.29, 0.717) is 41.6 Å². The molecule has 0 radical (unpaired) electrons. The van der Waals surface area contributed by atoms with Gasteiger partial charge in [-0.2, -0.15) is 9.97 Å². The minimum absolute atomic E-state index is 0.0524. The third-order valence-corrected chi connectivity index (χ3v) is 8.00. The fourth-order valence-electron chi connectivity index (χ4n) is 6.19. The number of piperidine rings is 1. The number of hydrogen-bond acceptors (Lipinski definition) is 7. The Labute approximate surface area is 225 Å². The summed E-state index contributed by atoms with van der Waals surface area (Å²) in [5, 5.41) is 12.6. The van der Waals surface area contributed by atoms with Gasteiger partial charge in [0.2, 0.25) is 0 Å². The molecule has 0 amide bonds. The molecular weight excluding hydrogens is 493 g/mol. The summed E-state index contributed by atoms with van der Waals surface area (Å²) < 4.78 is 22.4. The van der Waals surface area contributed by atoms with Crippen LogP contribution in [0.1, 0.15) is 24.8 Å². The van der Waals surface area contributed by atoms with Crippen LogP contribution >= 0.6 is 0 Å². The van der Waals surface area contributed by atoms with E-state index in [2.05, 4.69) is 19.9 Å². The van der Waals surface area contributed by atoms with Crippen LogP contribution in [0.3, 0.4) is 0 Å². The Morgan fingerprint density at radius 3 is 2.64 bits per heavy atom. The van der Waals surface area contributed by atoms with Crippen LogP contribution in [0.2, 0.25) is 0 Å². The number of halogens is 1. The first-order valence-electron chi connectivity index (χ1n) is 13.5. The second-order valence-corrected chi connectivity index (χ2v) is 10.6. The van der Waals surface area contributed by atoms with Crippen molar-refractivity contribution in [2.75, 3.05) is 24.6 Å². The van der Waals surface area contributed by atoms with Crippen LogP contribution < -0.4 is 9.64 Å². The predicted octanol–water partition coefficient (Wildman–Crippen LogP) is 5.94. The lowest BCUT2D eigenvalue weighted by Gasteiger charge is -2.33. The fourth-order valence-corrected chi connectivity index (χ4v) is 6.19. The van der Waals surface area contributed by atoms with Crippen LogP contribution in [0, 0.1) is 17.7 Å². The third-order valence-electron chi connectivity index (χ3n) is 8.00. The summed E-state index contributed by atoms with van der Waals surface area (Å²) in [6.45, 7) is 2.12. The summed E-state index contributed by atoms with van der Waals surface area (Å²) in [6.07, 6.45) is 9.53. The summed E-state index contributed by atoms with van der Waals surface area (Å²) in [6, 6.07) is 14.8. The highest BCUT2D eigenvalue weighted by atomic mass is 19.1. The first kappa shape index (κ1) is 23.8. The smallest absolute Gasteiger partial charge is 0.319 e. The van der Waals surface area contributed by atoms with E-state index in [1.165, 1.54) is 19.3 Å². The number of phenolic OH excluding ortho intramolecular Hbond substituents is 1. The maximum absolute atomic E-state index is 16.4.